The predicted molar refractivity (Wildman–Crippen MR) is 91.3 cm³/mol. The highest BCUT2D eigenvalue weighted by Gasteiger charge is 2.16. The Balaban J connectivity index is 1.79. The Kier molecular flexibility index (Phi) is 4.20. The van der Waals surface area contributed by atoms with Crippen LogP contribution in [0.25, 0.3) is 11.0 Å². The number of furan rings is 1. The molecule has 0 atom stereocenters. The van der Waals surface area contributed by atoms with Crippen LogP contribution < -0.4 is 4.74 Å². The van der Waals surface area contributed by atoms with Gasteiger partial charge in [-0.25, -0.2) is 0 Å². The lowest BCUT2D eigenvalue weighted by Gasteiger charge is -2.12. The number of Topliss-reactive ketones (excluding diaryl/α,β-unsaturated/α-hetero) is 1. The minimum absolute atomic E-state index is 0.117. The van der Waals surface area contributed by atoms with Gasteiger partial charge in [-0.1, -0.05) is 12.1 Å². The molecule has 0 radical (unpaired) electrons. The van der Waals surface area contributed by atoms with E-state index in [0.717, 1.165) is 27.7 Å². The number of aryl methyl sites for hydroxylation is 3. The SMILES string of the molecule is COc1cc(C)cc(C)c1C(=O)CCc1ccc2occc2c1. The second-order valence-electron chi connectivity index (χ2n) is 5.88. The van der Waals surface area contributed by atoms with E-state index in [2.05, 4.69) is 6.07 Å². The van der Waals surface area contributed by atoms with E-state index in [-0.39, 0.29) is 5.78 Å². The van der Waals surface area contributed by atoms with E-state index in [0.29, 0.717) is 24.2 Å². The Bertz CT molecular complexity index is 858. The number of methoxy groups -OCH3 is 1. The summed E-state index contributed by atoms with van der Waals surface area (Å²) in [4.78, 5) is 12.6. The van der Waals surface area contributed by atoms with E-state index in [4.69, 9.17) is 9.15 Å². The van der Waals surface area contributed by atoms with Crippen molar-refractivity contribution in [3.8, 4) is 5.75 Å². The van der Waals surface area contributed by atoms with E-state index in [1.165, 1.54) is 0 Å². The molecule has 2 aromatic carbocycles. The topological polar surface area (TPSA) is 39.4 Å². The zero-order chi connectivity index (χ0) is 16.4. The van der Waals surface area contributed by atoms with Crippen LogP contribution in [0.2, 0.25) is 0 Å². The van der Waals surface area contributed by atoms with Gasteiger partial charge >= 0.3 is 0 Å². The van der Waals surface area contributed by atoms with Crippen molar-refractivity contribution >= 4 is 16.8 Å². The molecule has 3 heteroatoms. The van der Waals surface area contributed by atoms with Crippen LogP contribution in [0.1, 0.15) is 33.5 Å². The van der Waals surface area contributed by atoms with Gasteiger partial charge in [0, 0.05) is 11.8 Å². The molecule has 118 valence electrons. The van der Waals surface area contributed by atoms with Crippen LogP contribution in [0.5, 0.6) is 5.75 Å². The van der Waals surface area contributed by atoms with Crippen LogP contribution in [0.15, 0.2) is 47.1 Å². The first-order valence-electron chi connectivity index (χ1n) is 7.73. The summed E-state index contributed by atoms with van der Waals surface area (Å²) in [5.74, 6) is 0.782. The lowest BCUT2D eigenvalue weighted by molar-refractivity contribution is 0.0979. The third-order valence-electron chi connectivity index (χ3n) is 4.10. The lowest BCUT2D eigenvalue weighted by atomic mass is 9.96. The Labute approximate surface area is 135 Å². The number of benzene rings is 2. The summed E-state index contributed by atoms with van der Waals surface area (Å²) in [6.07, 6.45) is 2.85. The molecule has 0 aliphatic rings. The van der Waals surface area contributed by atoms with Crippen molar-refractivity contribution < 1.29 is 13.9 Å². The van der Waals surface area contributed by atoms with Crippen LogP contribution in [0.3, 0.4) is 0 Å². The Morgan fingerprint density at radius 2 is 1.96 bits per heavy atom. The number of rotatable bonds is 5. The van der Waals surface area contributed by atoms with Gasteiger partial charge in [0.05, 0.1) is 18.9 Å². The second-order valence-corrected chi connectivity index (χ2v) is 5.88. The molecule has 0 amide bonds. The van der Waals surface area contributed by atoms with Gasteiger partial charge in [-0.3, -0.25) is 4.79 Å². The smallest absolute Gasteiger partial charge is 0.167 e. The van der Waals surface area contributed by atoms with E-state index < -0.39 is 0 Å². The minimum atomic E-state index is 0.117. The number of hydrogen-bond acceptors (Lipinski definition) is 3. The molecule has 0 saturated heterocycles. The van der Waals surface area contributed by atoms with Gasteiger partial charge in [0.25, 0.3) is 0 Å². The molecule has 0 spiro atoms. The first-order chi connectivity index (χ1) is 11.1. The Morgan fingerprint density at radius 3 is 2.74 bits per heavy atom. The maximum atomic E-state index is 12.6. The summed E-state index contributed by atoms with van der Waals surface area (Å²) < 4.78 is 10.7. The predicted octanol–water partition coefficient (Wildman–Crippen LogP) is 4.87. The highest BCUT2D eigenvalue weighted by Crippen LogP contribution is 2.26. The van der Waals surface area contributed by atoms with Crippen molar-refractivity contribution in [2.75, 3.05) is 7.11 Å². The standard InChI is InChI=1S/C20H20O3/c1-13-10-14(2)20(19(11-13)22-3)17(21)6-4-15-5-7-18-16(12-15)8-9-23-18/h5,7-12H,4,6H2,1-3H3. The molecule has 3 rings (SSSR count). The fourth-order valence-corrected chi connectivity index (χ4v) is 3.00. The lowest BCUT2D eigenvalue weighted by Crippen LogP contribution is -2.06. The third-order valence-corrected chi connectivity index (χ3v) is 4.10. The quantitative estimate of drug-likeness (QED) is 0.631. The largest absolute Gasteiger partial charge is 0.496 e. The van der Waals surface area contributed by atoms with Crippen molar-refractivity contribution in [1.82, 2.24) is 0 Å². The van der Waals surface area contributed by atoms with Crippen molar-refractivity contribution in [1.29, 1.82) is 0 Å². The molecule has 0 saturated carbocycles. The first-order valence-corrected chi connectivity index (χ1v) is 7.73. The number of ketones is 1. The van der Waals surface area contributed by atoms with Crippen molar-refractivity contribution in [3.63, 3.8) is 0 Å². The monoisotopic (exact) mass is 308 g/mol. The molecular formula is C20H20O3. The maximum absolute atomic E-state index is 12.6. The molecule has 0 N–H and O–H groups in total. The van der Waals surface area contributed by atoms with Gasteiger partial charge in [0.15, 0.2) is 5.78 Å². The minimum Gasteiger partial charge on any atom is -0.496 e. The fraction of sp³-hybridized carbons (Fsp3) is 0.250. The summed E-state index contributed by atoms with van der Waals surface area (Å²) in [6.45, 7) is 3.96. The van der Waals surface area contributed by atoms with Crippen molar-refractivity contribution in [2.45, 2.75) is 26.7 Å². The number of fused-ring (bicyclic) bond motifs is 1. The molecule has 1 aromatic heterocycles. The average molecular weight is 308 g/mol. The number of carbonyl (C=O) groups excluding carboxylic acids is 1. The van der Waals surface area contributed by atoms with E-state index in [1.54, 1.807) is 13.4 Å². The number of hydrogen-bond donors (Lipinski definition) is 0. The molecule has 23 heavy (non-hydrogen) atoms. The first kappa shape index (κ1) is 15.3. The zero-order valence-corrected chi connectivity index (χ0v) is 13.7. The van der Waals surface area contributed by atoms with Crippen LogP contribution in [0, 0.1) is 13.8 Å². The molecule has 0 bridgehead atoms. The fourth-order valence-electron chi connectivity index (χ4n) is 3.00. The summed E-state index contributed by atoms with van der Waals surface area (Å²) in [5.41, 5.74) is 4.77. The number of ether oxygens (including phenoxy) is 1. The maximum Gasteiger partial charge on any atom is 0.167 e. The summed E-state index contributed by atoms with van der Waals surface area (Å²) in [6, 6.07) is 11.9. The summed E-state index contributed by atoms with van der Waals surface area (Å²) in [7, 11) is 1.61. The molecule has 0 unspecified atom stereocenters. The van der Waals surface area contributed by atoms with Crippen LogP contribution in [-0.4, -0.2) is 12.9 Å². The van der Waals surface area contributed by atoms with Crippen LogP contribution in [-0.2, 0) is 6.42 Å². The Morgan fingerprint density at radius 1 is 1.13 bits per heavy atom. The van der Waals surface area contributed by atoms with Gasteiger partial charge in [-0.05, 0) is 61.2 Å². The Hall–Kier alpha value is -2.55. The summed E-state index contributed by atoms with van der Waals surface area (Å²) >= 11 is 0. The van der Waals surface area contributed by atoms with Gasteiger partial charge in [0.1, 0.15) is 11.3 Å². The molecule has 0 fully saturated rings. The summed E-state index contributed by atoms with van der Waals surface area (Å²) in [5, 5.41) is 1.07. The zero-order valence-electron chi connectivity index (χ0n) is 13.7. The van der Waals surface area contributed by atoms with E-state index in [1.807, 2.05) is 44.2 Å². The van der Waals surface area contributed by atoms with Crippen LogP contribution in [0.4, 0.5) is 0 Å². The molecule has 0 aliphatic heterocycles. The van der Waals surface area contributed by atoms with E-state index in [9.17, 15) is 4.79 Å². The molecule has 3 aromatic rings. The molecular weight excluding hydrogens is 288 g/mol. The van der Waals surface area contributed by atoms with Crippen molar-refractivity contribution in [3.05, 3.63) is 64.9 Å². The van der Waals surface area contributed by atoms with Gasteiger partial charge in [0.2, 0.25) is 0 Å². The highest BCUT2D eigenvalue weighted by atomic mass is 16.5. The van der Waals surface area contributed by atoms with Gasteiger partial charge < -0.3 is 9.15 Å². The normalized spacial score (nSPS) is 10.9. The molecule has 1 heterocycles. The van der Waals surface area contributed by atoms with Gasteiger partial charge in [-0.15, -0.1) is 0 Å². The third kappa shape index (κ3) is 3.14. The average Bonchev–Trinajstić information content (AvgIpc) is 2.99. The molecule has 0 aliphatic carbocycles. The van der Waals surface area contributed by atoms with Crippen LogP contribution >= 0.6 is 0 Å². The highest BCUT2D eigenvalue weighted by molar-refractivity contribution is 6.00. The number of carbonyl (C=O) groups is 1. The second kappa shape index (κ2) is 6.29. The van der Waals surface area contributed by atoms with Gasteiger partial charge in [-0.2, -0.15) is 0 Å². The van der Waals surface area contributed by atoms with E-state index >= 15 is 0 Å². The molecule has 3 nitrogen and oxygen atoms in total. The van der Waals surface area contributed by atoms with Crippen molar-refractivity contribution in [2.24, 2.45) is 0 Å².